The van der Waals surface area contributed by atoms with Gasteiger partial charge in [0.2, 0.25) is 5.88 Å². The largest absolute Gasteiger partial charge is 0.481 e. The Morgan fingerprint density at radius 2 is 2.33 bits per heavy atom. The van der Waals surface area contributed by atoms with Crippen molar-refractivity contribution in [1.29, 1.82) is 0 Å². The maximum Gasteiger partial charge on any atom is 0.311 e. The summed E-state index contributed by atoms with van der Waals surface area (Å²) in [7, 11) is 1.57. The minimum absolute atomic E-state index is 0.184. The molecular formula is C15H19N3O3. The Morgan fingerprint density at radius 1 is 1.48 bits per heavy atom. The molecule has 112 valence electrons. The molecule has 1 N–H and O–H groups in total. The minimum atomic E-state index is -0.353. The lowest BCUT2D eigenvalue weighted by Crippen LogP contribution is -2.42. The number of ether oxygens (including phenoxy) is 2. The summed E-state index contributed by atoms with van der Waals surface area (Å²) in [5.41, 5.74) is 0.943. The molecule has 0 aliphatic carbocycles. The van der Waals surface area contributed by atoms with Crippen LogP contribution in [0.4, 0.5) is 0 Å². The topological polar surface area (TPSA) is 72.8 Å². The van der Waals surface area contributed by atoms with Crippen molar-refractivity contribution in [3.8, 4) is 5.88 Å². The highest BCUT2D eigenvalue weighted by atomic mass is 16.5. The highest BCUT2D eigenvalue weighted by molar-refractivity contribution is 5.81. The zero-order chi connectivity index (χ0) is 15.1. The molecule has 2 heterocycles. The standard InChI is InChI=1S/C15H19N3O3/c1-3-21-15(19)12(13-10-16-6-7-17-13)8-11-4-5-14(20-2)18-9-11/h4-7,9-10,12-13,17H,3,8H2,1-2H3. The van der Waals surface area contributed by atoms with Crippen molar-refractivity contribution in [2.75, 3.05) is 13.7 Å². The molecule has 0 aromatic carbocycles. The number of nitrogens with one attached hydrogen (secondary N) is 1. The number of carbonyl (C=O) groups excluding carboxylic acids is 1. The molecule has 0 amide bonds. The van der Waals surface area contributed by atoms with E-state index < -0.39 is 0 Å². The second-order valence-electron chi connectivity index (χ2n) is 4.58. The number of pyridine rings is 1. The number of nitrogens with zero attached hydrogens (tertiary/aromatic N) is 2. The molecule has 6 nitrogen and oxygen atoms in total. The minimum Gasteiger partial charge on any atom is -0.481 e. The number of methoxy groups -OCH3 is 1. The van der Waals surface area contributed by atoms with Gasteiger partial charge in [-0.25, -0.2) is 4.98 Å². The average molecular weight is 289 g/mol. The van der Waals surface area contributed by atoms with Crippen LogP contribution in [0, 0.1) is 5.92 Å². The smallest absolute Gasteiger partial charge is 0.311 e. The fraction of sp³-hybridized carbons (Fsp3) is 0.400. The molecule has 1 aromatic heterocycles. The summed E-state index contributed by atoms with van der Waals surface area (Å²) in [4.78, 5) is 20.4. The third-order valence-electron chi connectivity index (χ3n) is 3.18. The van der Waals surface area contributed by atoms with Gasteiger partial charge in [0.1, 0.15) is 0 Å². The van der Waals surface area contributed by atoms with Gasteiger partial charge < -0.3 is 14.8 Å². The van der Waals surface area contributed by atoms with Gasteiger partial charge in [0.15, 0.2) is 0 Å². The highest BCUT2D eigenvalue weighted by Gasteiger charge is 2.29. The molecule has 0 fully saturated rings. The number of rotatable bonds is 6. The van der Waals surface area contributed by atoms with E-state index >= 15 is 0 Å². The van der Waals surface area contributed by atoms with Crippen molar-refractivity contribution >= 4 is 12.2 Å². The maximum absolute atomic E-state index is 12.2. The third kappa shape index (κ3) is 4.05. The summed E-state index contributed by atoms with van der Waals surface area (Å²) in [6.45, 7) is 2.15. The van der Waals surface area contributed by atoms with E-state index in [0.717, 1.165) is 5.56 Å². The van der Waals surface area contributed by atoms with Gasteiger partial charge in [0, 0.05) is 30.9 Å². The van der Waals surface area contributed by atoms with E-state index in [0.29, 0.717) is 18.9 Å². The van der Waals surface area contributed by atoms with Crippen LogP contribution in [0.15, 0.2) is 35.7 Å². The molecule has 0 bridgehead atoms. The van der Waals surface area contributed by atoms with E-state index in [1.54, 1.807) is 44.9 Å². The number of aliphatic imine (C=N–C) groups is 1. The molecule has 1 aromatic rings. The first-order chi connectivity index (χ1) is 10.2. The quantitative estimate of drug-likeness (QED) is 0.800. The van der Waals surface area contributed by atoms with Gasteiger partial charge in [0.05, 0.1) is 25.7 Å². The van der Waals surface area contributed by atoms with Crippen LogP contribution in [0.2, 0.25) is 0 Å². The van der Waals surface area contributed by atoms with Crippen LogP contribution in [0.5, 0.6) is 5.88 Å². The maximum atomic E-state index is 12.2. The van der Waals surface area contributed by atoms with Crippen LogP contribution in [-0.4, -0.2) is 36.9 Å². The Bertz CT molecular complexity index is 525. The number of aromatic nitrogens is 1. The Morgan fingerprint density at radius 3 is 2.90 bits per heavy atom. The summed E-state index contributed by atoms with van der Waals surface area (Å²) in [5, 5.41) is 3.13. The number of esters is 1. The van der Waals surface area contributed by atoms with Crippen LogP contribution >= 0.6 is 0 Å². The van der Waals surface area contributed by atoms with Crippen LogP contribution in [0.3, 0.4) is 0 Å². The highest BCUT2D eigenvalue weighted by Crippen LogP contribution is 2.16. The van der Waals surface area contributed by atoms with Gasteiger partial charge in [-0.05, 0) is 18.9 Å². The van der Waals surface area contributed by atoms with E-state index in [2.05, 4.69) is 15.3 Å². The predicted molar refractivity (Wildman–Crippen MR) is 79.2 cm³/mol. The molecule has 0 saturated carbocycles. The second kappa shape index (κ2) is 7.42. The van der Waals surface area contributed by atoms with Gasteiger partial charge >= 0.3 is 5.97 Å². The van der Waals surface area contributed by atoms with Crippen molar-refractivity contribution in [3.05, 3.63) is 36.3 Å². The van der Waals surface area contributed by atoms with Gasteiger partial charge in [0.25, 0.3) is 0 Å². The molecule has 6 heteroatoms. The van der Waals surface area contributed by atoms with Crippen LogP contribution < -0.4 is 10.1 Å². The lowest BCUT2D eigenvalue weighted by molar-refractivity contribution is -0.148. The second-order valence-corrected chi connectivity index (χ2v) is 4.58. The third-order valence-corrected chi connectivity index (χ3v) is 3.18. The van der Waals surface area contributed by atoms with Crippen molar-refractivity contribution in [3.63, 3.8) is 0 Å². The molecule has 0 radical (unpaired) electrons. The van der Waals surface area contributed by atoms with Gasteiger partial charge in [-0.15, -0.1) is 0 Å². The number of carbonyl (C=O) groups is 1. The fourth-order valence-corrected chi connectivity index (χ4v) is 2.12. The zero-order valence-corrected chi connectivity index (χ0v) is 12.2. The molecular weight excluding hydrogens is 270 g/mol. The predicted octanol–water partition coefficient (Wildman–Crippen LogP) is 1.33. The Kier molecular flexibility index (Phi) is 5.31. The summed E-state index contributed by atoms with van der Waals surface area (Å²) in [6, 6.07) is 3.49. The number of hydrogen-bond acceptors (Lipinski definition) is 6. The van der Waals surface area contributed by atoms with E-state index in [4.69, 9.17) is 9.47 Å². The van der Waals surface area contributed by atoms with Crippen molar-refractivity contribution in [2.45, 2.75) is 19.4 Å². The normalized spacial score (nSPS) is 17.9. The summed E-state index contributed by atoms with van der Waals surface area (Å²) < 4.78 is 10.2. The molecule has 2 atom stereocenters. The van der Waals surface area contributed by atoms with E-state index in [1.165, 1.54) is 0 Å². The first kappa shape index (κ1) is 15.0. The van der Waals surface area contributed by atoms with Crippen LogP contribution in [-0.2, 0) is 16.0 Å². The summed E-state index contributed by atoms with van der Waals surface area (Å²) in [5.74, 6) is -0.0480. The fourth-order valence-electron chi connectivity index (χ4n) is 2.12. The SMILES string of the molecule is CCOC(=O)C(Cc1ccc(OC)nc1)C1C=NC=CN1. The molecule has 2 rings (SSSR count). The Balaban J connectivity index is 2.12. The van der Waals surface area contributed by atoms with E-state index in [9.17, 15) is 4.79 Å². The van der Waals surface area contributed by atoms with Crippen molar-refractivity contribution < 1.29 is 14.3 Å². The van der Waals surface area contributed by atoms with Gasteiger partial charge in [-0.1, -0.05) is 6.07 Å². The monoisotopic (exact) mass is 289 g/mol. The lowest BCUT2D eigenvalue weighted by atomic mass is 9.93. The molecule has 1 aliphatic rings. The van der Waals surface area contributed by atoms with E-state index in [1.807, 2.05) is 6.07 Å². The van der Waals surface area contributed by atoms with Crippen LogP contribution in [0.1, 0.15) is 12.5 Å². The van der Waals surface area contributed by atoms with Crippen molar-refractivity contribution in [1.82, 2.24) is 10.3 Å². The first-order valence-corrected chi connectivity index (χ1v) is 6.84. The zero-order valence-electron chi connectivity index (χ0n) is 12.2. The van der Waals surface area contributed by atoms with Gasteiger partial charge in [-0.2, -0.15) is 0 Å². The first-order valence-electron chi connectivity index (χ1n) is 6.84. The Labute approximate surface area is 123 Å². The molecule has 0 spiro atoms. The van der Waals surface area contributed by atoms with Crippen LogP contribution in [0.25, 0.3) is 0 Å². The molecule has 2 unspecified atom stereocenters. The molecule has 0 saturated heterocycles. The lowest BCUT2D eigenvalue weighted by Gasteiger charge is -2.24. The molecule has 1 aliphatic heterocycles. The average Bonchev–Trinajstić information content (AvgIpc) is 2.54. The number of hydrogen-bond donors (Lipinski definition) is 1. The van der Waals surface area contributed by atoms with E-state index in [-0.39, 0.29) is 17.9 Å². The Hall–Kier alpha value is -2.37. The van der Waals surface area contributed by atoms with Crippen molar-refractivity contribution in [2.24, 2.45) is 10.9 Å². The summed E-state index contributed by atoms with van der Waals surface area (Å²) in [6.07, 6.45) is 7.32. The van der Waals surface area contributed by atoms with Gasteiger partial charge in [-0.3, -0.25) is 9.79 Å². The molecule has 21 heavy (non-hydrogen) atoms. The summed E-state index contributed by atoms with van der Waals surface area (Å²) >= 11 is 0.